The number of hydrogen-bond acceptors (Lipinski definition) is 4. The number of rotatable bonds is 6. The molecule has 0 atom stereocenters. The van der Waals surface area contributed by atoms with Gasteiger partial charge in [-0.25, -0.2) is 8.42 Å². The largest absolute Gasteiger partial charge is 0.483 e. The fraction of sp³-hybridized carbons (Fsp3) is 0.208. The van der Waals surface area contributed by atoms with Crippen molar-refractivity contribution in [3.8, 4) is 5.75 Å². The topological polar surface area (TPSA) is 75.7 Å². The van der Waals surface area contributed by atoms with Crippen molar-refractivity contribution < 1.29 is 17.9 Å². The minimum absolute atomic E-state index is 0.0972. The highest BCUT2D eigenvalue weighted by molar-refractivity contribution is 7.92. The summed E-state index contributed by atoms with van der Waals surface area (Å²) in [6.07, 6.45) is 0.827. The molecule has 6 nitrogen and oxygen atoms in total. The Bertz CT molecular complexity index is 1240. The molecular formula is C24H23ClN2O4S. The summed E-state index contributed by atoms with van der Waals surface area (Å²) in [7, 11) is -3.77. The summed E-state index contributed by atoms with van der Waals surface area (Å²) in [5.74, 6) is 0.376. The minimum Gasteiger partial charge on any atom is -0.483 e. The van der Waals surface area contributed by atoms with Crippen molar-refractivity contribution in [2.75, 3.05) is 17.9 Å². The number of carbonyl (C=O) groups excluding carboxylic acids is 1. The van der Waals surface area contributed by atoms with Crippen LogP contribution in [0, 0.1) is 6.92 Å². The lowest BCUT2D eigenvalue weighted by molar-refractivity contribution is -0.134. The molecule has 32 heavy (non-hydrogen) atoms. The van der Waals surface area contributed by atoms with Gasteiger partial charge in [-0.1, -0.05) is 35.9 Å². The summed E-state index contributed by atoms with van der Waals surface area (Å²) in [5.41, 5.74) is 3.48. The predicted molar refractivity (Wildman–Crippen MR) is 124 cm³/mol. The van der Waals surface area contributed by atoms with Gasteiger partial charge in [0.15, 0.2) is 6.61 Å². The lowest BCUT2D eigenvalue weighted by Gasteiger charge is -2.28. The van der Waals surface area contributed by atoms with E-state index in [9.17, 15) is 13.2 Å². The van der Waals surface area contributed by atoms with Crippen molar-refractivity contribution in [2.45, 2.75) is 24.8 Å². The van der Waals surface area contributed by atoms with E-state index in [4.69, 9.17) is 16.3 Å². The molecule has 1 aliphatic heterocycles. The molecule has 0 fully saturated rings. The molecule has 0 saturated carbocycles. The van der Waals surface area contributed by atoms with E-state index in [0.717, 1.165) is 12.0 Å². The monoisotopic (exact) mass is 470 g/mol. The third kappa shape index (κ3) is 5.06. The number of anilines is 1. The zero-order chi connectivity index (χ0) is 22.7. The van der Waals surface area contributed by atoms with Gasteiger partial charge in [-0.2, -0.15) is 0 Å². The summed E-state index contributed by atoms with van der Waals surface area (Å²) < 4.78 is 33.6. The summed E-state index contributed by atoms with van der Waals surface area (Å²) in [4.78, 5) is 14.5. The van der Waals surface area contributed by atoms with E-state index in [0.29, 0.717) is 35.1 Å². The molecule has 0 aliphatic carbocycles. The lowest BCUT2D eigenvalue weighted by Crippen LogP contribution is -2.38. The van der Waals surface area contributed by atoms with Crippen LogP contribution in [0.4, 0.5) is 5.69 Å². The van der Waals surface area contributed by atoms with Gasteiger partial charge >= 0.3 is 0 Å². The van der Waals surface area contributed by atoms with Crippen LogP contribution in [-0.4, -0.2) is 32.4 Å². The highest BCUT2D eigenvalue weighted by Gasteiger charge is 2.21. The first kappa shape index (κ1) is 22.2. The van der Waals surface area contributed by atoms with Crippen LogP contribution in [0.2, 0.25) is 5.02 Å². The number of nitrogens with one attached hydrogen (secondary N) is 1. The number of hydrogen-bond donors (Lipinski definition) is 1. The van der Waals surface area contributed by atoms with Gasteiger partial charge in [0, 0.05) is 23.8 Å². The van der Waals surface area contributed by atoms with E-state index in [1.54, 1.807) is 42.2 Å². The third-order valence-electron chi connectivity index (χ3n) is 5.39. The summed E-state index contributed by atoms with van der Waals surface area (Å²) in [6.45, 7) is 2.88. The van der Waals surface area contributed by atoms with Crippen molar-refractivity contribution in [1.29, 1.82) is 0 Å². The molecule has 166 valence electrons. The molecule has 3 aromatic rings. The van der Waals surface area contributed by atoms with Gasteiger partial charge in [0.05, 0.1) is 4.90 Å². The van der Waals surface area contributed by atoms with E-state index in [1.807, 2.05) is 18.2 Å². The Kier molecular flexibility index (Phi) is 6.39. The highest BCUT2D eigenvalue weighted by Crippen LogP contribution is 2.25. The quantitative estimate of drug-likeness (QED) is 0.579. The SMILES string of the molecule is Cc1cc(S(=O)(=O)Nc2ccc(Cl)cc2)ccc1OCC(=O)N1CCc2ccccc2C1. The maximum atomic E-state index is 12.7. The van der Waals surface area contributed by atoms with Crippen LogP contribution < -0.4 is 9.46 Å². The first-order valence-corrected chi connectivity index (χ1v) is 12.0. The normalized spacial score (nSPS) is 13.4. The van der Waals surface area contributed by atoms with Crippen LogP contribution in [0.5, 0.6) is 5.75 Å². The van der Waals surface area contributed by atoms with Crippen LogP contribution in [0.3, 0.4) is 0 Å². The molecule has 8 heteroatoms. The second-order valence-corrected chi connectivity index (χ2v) is 9.78. The zero-order valence-electron chi connectivity index (χ0n) is 17.5. The Labute approximate surface area is 192 Å². The highest BCUT2D eigenvalue weighted by atomic mass is 35.5. The number of nitrogens with zero attached hydrogens (tertiary/aromatic N) is 1. The van der Waals surface area contributed by atoms with Crippen molar-refractivity contribution in [1.82, 2.24) is 4.90 Å². The summed E-state index contributed by atoms with van der Waals surface area (Å²) in [6, 6.07) is 19.1. The van der Waals surface area contributed by atoms with Gasteiger partial charge < -0.3 is 9.64 Å². The maximum Gasteiger partial charge on any atom is 0.261 e. The molecule has 1 N–H and O–H groups in total. The van der Waals surface area contributed by atoms with Gasteiger partial charge in [-0.3, -0.25) is 9.52 Å². The number of sulfonamides is 1. The number of halogens is 1. The molecular weight excluding hydrogens is 448 g/mol. The van der Waals surface area contributed by atoms with Crippen LogP contribution in [-0.2, 0) is 27.8 Å². The van der Waals surface area contributed by atoms with Crippen molar-refractivity contribution in [3.05, 3.63) is 88.4 Å². The van der Waals surface area contributed by atoms with Crippen LogP contribution in [0.15, 0.2) is 71.6 Å². The molecule has 0 unspecified atom stereocenters. The Morgan fingerprint density at radius 3 is 2.50 bits per heavy atom. The number of benzene rings is 3. The Balaban J connectivity index is 1.39. The predicted octanol–water partition coefficient (Wildman–Crippen LogP) is 4.41. The average Bonchev–Trinajstić information content (AvgIpc) is 2.79. The Morgan fingerprint density at radius 2 is 1.78 bits per heavy atom. The lowest BCUT2D eigenvalue weighted by atomic mass is 10.00. The molecule has 1 heterocycles. The Morgan fingerprint density at radius 1 is 1.06 bits per heavy atom. The molecule has 1 aliphatic rings. The molecule has 0 bridgehead atoms. The van der Waals surface area contributed by atoms with E-state index >= 15 is 0 Å². The summed E-state index contributed by atoms with van der Waals surface area (Å²) in [5, 5.41) is 0.522. The van der Waals surface area contributed by atoms with Crippen LogP contribution in [0.25, 0.3) is 0 Å². The molecule has 3 aromatic carbocycles. The van der Waals surface area contributed by atoms with Gasteiger partial charge in [-0.15, -0.1) is 0 Å². The molecule has 0 radical (unpaired) electrons. The van der Waals surface area contributed by atoms with Gasteiger partial charge in [-0.05, 0) is 72.5 Å². The van der Waals surface area contributed by atoms with Crippen molar-refractivity contribution in [2.24, 2.45) is 0 Å². The van der Waals surface area contributed by atoms with Gasteiger partial charge in [0.2, 0.25) is 0 Å². The second kappa shape index (κ2) is 9.22. The first-order valence-electron chi connectivity index (χ1n) is 10.2. The number of ether oxygens (including phenoxy) is 1. The molecule has 0 spiro atoms. The van der Waals surface area contributed by atoms with E-state index in [2.05, 4.69) is 10.8 Å². The second-order valence-electron chi connectivity index (χ2n) is 7.66. The minimum atomic E-state index is -3.77. The smallest absolute Gasteiger partial charge is 0.261 e. The standard InChI is InChI=1S/C24H23ClN2O4S/c1-17-14-22(32(29,30)26-21-8-6-20(25)7-9-21)10-11-23(17)31-16-24(28)27-13-12-18-4-2-3-5-19(18)15-27/h2-11,14,26H,12-13,15-16H2,1H3. The number of fused-ring (bicyclic) bond motifs is 1. The molecule has 0 saturated heterocycles. The first-order chi connectivity index (χ1) is 15.3. The van der Waals surface area contributed by atoms with Crippen LogP contribution >= 0.6 is 11.6 Å². The van der Waals surface area contributed by atoms with E-state index in [1.165, 1.54) is 17.7 Å². The molecule has 4 rings (SSSR count). The average molecular weight is 471 g/mol. The van der Waals surface area contributed by atoms with Crippen LogP contribution in [0.1, 0.15) is 16.7 Å². The molecule has 0 aromatic heterocycles. The number of amides is 1. The van der Waals surface area contributed by atoms with E-state index in [-0.39, 0.29) is 17.4 Å². The van der Waals surface area contributed by atoms with Crippen molar-refractivity contribution in [3.63, 3.8) is 0 Å². The fourth-order valence-corrected chi connectivity index (χ4v) is 4.89. The fourth-order valence-electron chi connectivity index (χ4n) is 3.62. The number of carbonyl (C=O) groups is 1. The van der Waals surface area contributed by atoms with E-state index < -0.39 is 10.0 Å². The Hall–Kier alpha value is -3.03. The zero-order valence-corrected chi connectivity index (χ0v) is 19.1. The molecule has 1 amide bonds. The number of aryl methyl sites for hydroxylation is 1. The third-order valence-corrected chi connectivity index (χ3v) is 7.02. The van der Waals surface area contributed by atoms with Crippen molar-refractivity contribution >= 4 is 33.2 Å². The maximum absolute atomic E-state index is 12.7. The van der Waals surface area contributed by atoms with Gasteiger partial charge in [0.25, 0.3) is 15.9 Å². The van der Waals surface area contributed by atoms with Gasteiger partial charge in [0.1, 0.15) is 5.75 Å². The summed E-state index contributed by atoms with van der Waals surface area (Å²) >= 11 is 5.84.